The molecule has 282 valence electrons. The number of allylic oxidation sites excluding steroid dienone is 4. The summed E-state index contributed by atoms with van der Waals surface area (Å²) in [7, 11) is -6.82. The van der Waals surface area contributed by atoms with E-state index in [1.807, 2.05) is 80.5 Å². The molecule has 0 aliphatic rings. The van der Waals surface area contributed by atoms with Gasteiger partial charge in [-0.15, -0.1) is 0 Å². The molecule has 4 N–H and O–H groups in total. The Labute approximate surface area is 306 Å². The number of carbonyl (C=O) groups excluding carboxylic acids is 1. The van der Waals surface area contributed by atoms with Crippen LogP contribution in [0.1, 0.15) is 90.2 Å². The van der Waals surface area contributed by atoms with E-state index in [4.69, 9.17) is 32.0 Å². The Hall–Kier alpha value is -3.00. The lowest BCUT2D eigenvalue weighted by Gasteiger charge is -2.17. The zero-order valence-corrected chi connectivity index (χ0v) is 33.6. The molecule has 0 radical (unpaired) electrons. The van der Waals surface area contributed by atoms with Crippen LogP contribution in [0.25, 0.3) is 0 Å². The van der Waals surface area contributed by atoms with Gasteiger partial charge in [0.1, 0.15) is 11.5 Å². The maximum atomic E-state index is 12.9. The van der Waals surface area contributed by atoms with Crippen LogP contribution in [0, 0.1) is 10.8 Å². The number of halogens is 1. The van der Waals surface area contributed by atoms with E-state index in [1.54, 1.807) is 42.5 Å². The molecule has 0 aromatic heterocycles. The van der Waals surface area contributed by atoms with Crippen LogP contribution in [0.3, 0.4) is 0 Å². The molecule has 0 amide bonds. The van der Waals surface area contributed by atoms with Crippen molar-refractivity contribution in [1.82, 2.24) is 0 Å². The second-order valence-corrected chi connectivity index (χ2v) is 17.7. The first-order valence-electron chi connectivity index (χ1n) is 16.2. The number of hydrogen-bond donors (Lipinski definition) is 2. The van der Waals surface area contributed by atoms with Crippen molar-refractivity contribution >= 4 is 37.6 Å². The van der Waals surface area contributed by atoms with E-state index in [1.165, 1.54) is 6.20 Å². The number of rotatable bonds is 14. The van der Waals surface area contributed by atoms with Crippen molar-refractivity contribution in [3.8, 4) is 5.75 Å². The molecular weight excluding hydrogens is 700 g/mol. The van der Waals surface area contributed by atoms with Crippen molar-refractivity contribution in [2.45, 2.75) is 75.2 Å². The zero-order chi connectivity index (χ0) is 38.8. The molecule has 0 saturated heterocycles. The van der Waals surface area contributed by atoms with Crippen molar-refractivity contribution < 1.29 is 34.7 Å². The second-order valence-electron chi connectivity index (χ2n) is 13.9. The number of benzene rings is 2. The molecule has 2 aromatic rings. The molecule has 2 rings (SSSR count). The van der Waals surface area contributed by atoms with Crippen molar-refractivity contribution in [1.29, 1.82) is 0 Å². The van der Waals surface area contributed by atoms with Crippen LogP contribution in [-0.2, 0) is 35.0 Å². The lowest BCUT2D eigenvalue weighted by molar-refractivity contribution is 0.103. The van der Waals surface area contributed by atoms with E-state index in [2.05, 4.69) is 4.18 Å². The highest BCUT2D eigenvalue weighted by Gasteiger charge is 2.18. The molecule has 2 aromatic carbocycles. The van der Waals surface area contributed by atoms with E-state index in [0.717, 1.165) is 23.8 Å². The van der Waals surface area contributed by atoms with Gasteiger partial charge in [-0.3, -0.25) is 13.2 Å². The number of nitrogens with two attached hydrogens (primary N) is 2. The van der Waals surface area contributed by atoms with Crippen molar-refractivity contribution in [3.63, 3.8) is 0 Å². The Balaban J connectivity index is 0.00000133. The van der Waals surface area contributed by atoms with Gasteiger partial charge >= 0.3 is 0 Å². The summed E-state index contributed by atoms with van der Waals surface area (Å²) in [5.74, 6) is 1.02. The molecule has 13 heteroatoms. The van der Waals surface area contributed by atoms with Crippen LogP contribution >= 0.6 is 11.6 Å². The first-order valence-corrected chi connectivity index (χ1v) is 19.9. The predicted molar refractivity (Wildman–Crippen MR) is 205 cm³/mol. The van der Waals surface area contributed by atoms with Gasteiger partial charge in [-0.1, -0.05) is 83.9 Å². The lowest BCUT2D eigenvalue weighted by atomic mass is 9.99. The topological polar surface area (TPSA) is 165 Å². The Morgan fingerprint density at radius 3 is 1.88 bits per heavy atom. The van der Waals surface area contributed by atoms with Gasteiger partial charge in [0.2, 0.25) is 0 Å². The predicted octanol–water partition coefficient (Wildman–Crippen LogP) is 7.57. The molecule has 0 heterocycles. The van der Waals surface area contributed by atoms with Crippen LogP contribution in [0.2, 0.25) is 5.02 Å². The smallest absolute Gasteiger partial charge is 0.267 e. The second kappa shape index (κ2) is 22.0. The quantitative estimate of drug-likeness (QED) is 0.0850. The fourth-order valence-corrected chi connectivity index (χ4v) is 5.33. The number of ketones is 1. The highest BCUT2D eigenvalue weighted by molar-refractivity contribution is 7.86. The summed E-state index contributed by atoms with van der Waals surface area (Å²) in [6.07, 6.45) is 8.97. The van der Waals surface area contributed by atoms with Crippen LogP contribution in [-0.4, -0.2) is 54.4 Å². The highest BCUT2D eigenvalue weighted by Crippen LogP contribution is 2.24. The number of aryl methyl sites for hydroxylation is 1. The van der Waals surface area contributed by atoms with Crippen molar-refractivity contribution in [2.24, 2.45) is 22.3 Å². The Morgan fingerprint density at radius 1 is 0.880 bits per heavy atom. The molecule has 0 bridgehead atoms. The molecule has 0 saturated carbocycles. The van der Waals surface area contributed by atoms with Crippen molar-refractivity contribution in [3.05, 3.63) is 99.9 Å². The molecule has 0 aliphatic heterocycles. The van der Waals surface area contributed by atoms with Gasteiger partial charge in [-0.2, -0.15) is 16.8 Å². The minimum atomic E-state index is -3.56. The van der Waals surface area contributed by atoms with E-state index >= 15 is 0 Å². The van der Waals surface area contributed by atoms with Gasteiger partial charge < -0.3 is 16.2 Å². The Kier molecular flexibility index (Phi) is 20.7. The first kappa shape index (κ1) is 47.0. The largest absolute Gasteiger partial charge is 0.462 e. The molecular formula is C37H57ClN2O8S2. The summed E-state index contributed by atoms with van der Waals surface area (Å²) < 4.78 is 60.5. The number of hydrogen-bond acceptors (Lipinski definition) is 10. The summed E-state index contributed by atoms with van der Waals surface area (Å²) in [5, 5.41) is 0.432. The number of ether oxygens (including phenoxy) is 1. The summed E-state index contributed by atoms with van der Waals surface area (Å²) in [6, 6.07) is 12.4. The fourth-order valence-electron chi connectivity index (χ4n) is 3.33. The SMILES string of the molecule is CC(C)(C)COS(C)(=O)=O.CCc1ccc(Cl)c(C(=O)c2ccc(O/C(C)=C/C=C(\C)CCS(=O)(=O)OCC(C)(C)C)cc2)c1.N/C=C\CN. The third-order valence-electron chi connectivity index (χ3n) is 6.08. The minimum Gasteiger partial charge on any atom is -0.462 e. The van der Waals surface area contributed by atoms with Crippen LogP contribution in [0.15, 0.2) is 78.2 Å². The third-order valence-corrected chi connectivity index (χ3v) is 8.13. The third kappa shape index (κ3) is 23.4. The van der Waals surface area contributed by atoms with Crippen molar-refractivity contribution in [2.75, 3.05) is 31.8 Å². The van der Waals surface area contributed by atoms with Crippen LogP contribution in [0.4, 0.5) is 0 Å². The van der Waals surface area contributed by atoms with Gasteiger partial charge in [-0.05, 0) is 91.8 Å². The number of carbonyl (C=O) groups is 1. The average molecular weight is 757 g/mol. The summed E-state index contributed by atoms with van der Waals surface area (Å²) >= 11 is 6.24. The molecule has 0 aliphatic carbocycles. The lowest BCUT2D eigenvalue weighted by Crippen LogP contribution is -2.20. The monoisotopic (exact) mass is 756 g/mol. The standard InChI is InChI=1S/C28H35ClO5S.C6H14O3S.C3H8N2/c1-7-22-10-15-26(29)25(18-22)27(30)23-11-13-24(14-12-23)34-21(3)9-8-20(2)16-17-35(31,32)33-19-28(4,5)6;1-6(2,3)5-9-10(4,7)8;4-2-1-3-5/h8-15,18H,7,16-17,19H2,1-6H3;5H2,1-4H3;1-2H,3-5H2/b20-8+,21-9+;;2-1-. The van der Waals surface area contributed by atoms with Gasteiger partial charge in [-0.25, -0.2) is 0 Å². The van der Waals surface area contributed by atoms with Gasteiger partial charge in [0, 0.05) is 17.7 Å². The fraction of sp³-hybridized carbons (Fsp3) is 0.486. The van der Waals surface area contributed by atoms with Gasteiger partial charge in [0.05, 0.1) is 30.2 Å². The molecule has 10 nitrogen and oxygen atoms in total. The maximum Gasteiger partial charge on any atom is 0.267 e. The van der Waals surface area contributed by atoms with Crippen LogP contribution in [0.5, 0.6) is 5.75 Å². The summed E-state index contributed by atoms with van der Waals surface area (Å²) in [4.78, 5) is 12.9. The van der Waals surface area contributed by atoms with E-state index in [9.17, 15) is 21.6 Å². The van der Waals surface area contributed by atoms with Gasteiger partial charge in [0.15, 0.2) is 5.78 Å². The maximum absolute atomic E-state index is 12.9. The molecule has 0 spiro atoms. The normalized spacial score (nSPS) is 12.9. The summed E-state index contributed by atoms with van der Waals surface area (Å²) in [5.41, 5.74) is 12.5. The minimum absolute atomic E-state index is 0.0696. The first-order chi connectivity index (χ1) is 22.9. The average Bonchev–Trinajstić information content (AvgIpc) is 3.01. The van der Waals surface area contributed by atoms with E-state index in [-0.39, 0.29) is 35.6 Å². The van der Waals surface area contributed by atoms with E-state index in [0.29, 0.717) is 40.6 Å². The Bertz CT molecular complexity index is 1650. The molecule has 0 atom stereocenters. The van der Waals surface area contributed by atoms with E-state index < -0.39 is 20.2 Å². The molecule has 0 unspecified atom stereocenters. The van der Waals surface area contributed by atoms with Crippen LogP contribution < -0.4 is 16.2 Å². The van der Waals surface area contributed by atoms with Gasteiger partial charge in [0.25, 0.3) is 20.2 Å². The summed E-state index contributed by atoms with van der Waals surface area (Å²) in [6.45, 7) is 18.2. The molecule has 50 heavy (non-hydrogen) atoms. The Morgan fingerprint density at radius 2 is 1.44 bits per heavy atom. The zero-order valence-electron chi connectivity index (χ0n) is 31.2. The molecule has 0 fully saturated rings. The highest BCUT2D eigenvalue weighted by atomic mass is 35.5.